The molecule has 4 fully saturated rings. The molecule has 1 nitrogen and oxygen atoms in total. The zero-order chi connectivity index (χ0) is 14.6. The number of Topliss-reactive ketones (excluding diaryl/α,β-unsaturated/α-hetero) is 1. The molecular weight excluding hydrogens is 256 g/mol. The quantitative estimate of drug-likeness (QED) is 0.596. The van der Waals surface area contributed by atoms with Gasteiger partial charge in [0, 0.05) is 11.8 Å². The molecule has 0 aromatic carbocycles. The maximum atomic E-state index is 12.4. The lowest BCUT2D eigenvalue weighted by atomic mass is 9.57. The fourth-order valence-corrected chi connectivity index (χ4v) is 6.97. The van der Waals surface area contributed by atoms with E-state index < -0.39 is 0 Å². The molecule has 21 heavy (non-hydrogen) atoms. The van der Waals surface area contributed by atoms with Gasteiger partial charge in [-0.2, -0.15) is 0 Å². The second-order valence-corrected chi connectivity index (χ2v) is 9.21. The Balaban J connectivity index is 1.61. The first-order valence-corrected chi connectivity index (χ1v) is 9.61. The van der Waals surface area contributed by atoms with Crippen molar-refractivity contribution in [1.82, 2.24) is 0 Å². The predicted octanol–water partition coefficient (Wildman–Crippen LogP) is 5.23. The van der Waals surface area contributed by atoms with Gasteiger partial charge in [0.2, 0.25) is 0 Å². The summed E-state index contributed by atoms with van der Waals surface area (Å²) in [6, 6.07) is 0. The molecule has 0 saturated heterocycles. The minimum Gasteiger partial charge on any atom is -0.299 e. The second-order valence-electron chi connectivity index (χ2n) is 9.21. The highest BCUT2D eigenvalue weighted by molar-refractivity contribution is 5.87. The Morgan fingerprint density at radius 1 is 0.952 bits per heavy atom. The van der Waals surface area contributed by atoms with E-state index in [0.717, 1.165) is 41.9 Å². The van der Waals surface area contributed by atoms with E-state index in [1.165, 1.54) is 57.8 Å². The van der Waals surface area contributed by atoms with Crippen LogP contribution in [-0.2, 0) is 4.79 Å². The van der Waals surface area contributed by atoms with Crippen molar-refractivity contribution in [1.29, 1.82) is 0 Å². The average Bonchev–Trinajstić information content (AvgIpc) is 2.63. The third-order valence-corrected chi connectivity index (χ3v) is 8.12. The van der Waals surface area contributed by atoms with E-state index in [2.05, 4.69) is 13.8 Å². The van der Waals surface area contributed by atoms with Gasteiger partial charge in [0.1, 0.15) is 5.78 Å². The number of carbonyl (C=O) groups is 1. The van der Waals surface area contributed by atoms with Crippen molar-refractivity contribution < 1.29 is 4.79 Å². The summed E-state index contributed by atoms with van der Waals surface area (Å²) in [5, 5.41) is 0. The minimum atomic E-state index is 0.0724. The summed E-state index contributed by atoms with van der Waals surface area (Å²) in [4.78, 5) is 12.4. The lowest BCUT2D eigenvalue weighted by Crippen LogP contribution is -2.43. The van der Waals surface area contributed by atoms with Crippen LogP contribution in [0.15, 0.2) is 0 Å². The molecule has 7 atom stereocenters. The molecule has 0 radical (unpaired) electrons. The Bertz CT molecular complexity index is 428. The molecule has 0 aromatic rings. The molecule has 4 rings (SSSR count). The molecule has 0 heterocycles. The van der Waals surface area contributed by atoms with Gasteiger partial charge < -0.3 is 0 Å². The van der Waals surface area contributed by atoms with Gasteiger partial charge in [-0.05, 0) is 80.5 Å². The largest absolute Gasteiger partial charge is 0.299 e. The summed E-state index contributed by atoms with van der Waals surface area (Å²) in [6.07, 6.45) is 13.5. The number of fused-ring (bicyclic) bond motifs is 6. The summed E-state index contributed by atoms with van der Waals surface area (Å²) >= 11 is 0. The smallest absolute Gasteiger partial charge is 0.139 e. The van der Waals surface area contributed by atoms with E-state index in [1.54, 1.807) is 0 Å². The monoisotopic (exact) mass is 288 g/mol. The van der Waals surface area contributed by atoms with Crippen LogP contribution in [0.3, 0.4) is 0 Å². The van der Waals surface area contributed by atoms with Gasteiger partial charge in [-0.1, -0.05) is 26.7 Å². The van der Waals surface area contributed by atoms with E-state index in [4.69, 9.17) is 0 Å². The van der Waals surface area contributed by atoms with Crippen molar-refractivity contribution in [3.8, 4) is 0 Å². The highest BCUT2D eigenvalue weighted by atomic mass is 16.1. The Kier molecular flexibility index (Phi) is 3.47. The van der Waals surface area contributed by atoms with E-state index in [0.29, 0.717) is 5.78 Å². The molecule has 0 amide bonds. The van der Waals surface area contributed by atoms with Crippen LogP contribution in [0, 0.1) is 40.9 Å². The van der Waals surface area contributed by atoms with Crippen LogP contribution in [0.5, 0.6) is 0 Å². The number of carbonyl (C=O) groups excluding carboxylic acids is 1. The van der Waals surface area contributed by atoms with Crippen molar-refractivity contribution in [3.63, 3.8) is 0 Å². The molecule has 2 bridgehead atoms. The maximum absolute atomic E-state index is 12.4. The Morgan fingerprint density at radius 2 is 1.81 bits per heavy atom. The van der Waals surface area contributed by atoms with E-state index >= 15 is 0 Å². The van der Waals surface area contributed by atoms with Crippen molar-refractivity contribution in [2.75, 3.05) is 0 Å². The molecule has 0 N–H and O–H groups in total. The van der Waals surface area contributed by atoms with E-state index in [9.17, 15) is 4.79 Å². The predicted molar refractivity (Wildman–Crippen MR) is 85.9 cm³/mol. The lowest BCUT2D eigenvalue weighted by Gasteiger charge is -2.47. The molecule has 118 valence electrons. The van der Waals surface area contributed by atoms with Gasteiger partial charge in [0.05, 0.1) is 0 Å². The normalized spacial score (nSPS) is 53.5. The minimum absolute atomic E-state index is 0.0724. The Morgan fingerprint density at radius 3 is 2.67 bits per heavy atom. The number of hydrogen-bond acceptors (Lipinski definition) is 1. The fraction of sp³-hybridized carbons (Fsp3) is 0.950. The highest BCUT2D eigenvalue weighted by Gasteiger charge is 2.55. The summed E-state index contributed by atoms with van der Waals surface area (Å²) in [5.41, 5.74) is 0.0724. The maximum Gasteiger partial charge on any atom is 0.139 e. The molecule has 4 saturated carbocycles. The third-order valence-electron chi connectivity index (χ3n) is 8.12. The van der Waals surface area contributed by atoms with Crippen LogP contribution < -0.4 is 0 Å². The first-order chi connectivity index (χ1) is 10.1. The van der Waals surface area contributed by atoms with Crippen molar-refractivity contribution in [3.05, 3.63) is 0 Å². The number of hydrogen-bond donors (Lipinski definition) is 0. The molecule has 4 aliphatic rings. The topological polar surface area (TPSA) is 17.1 Å². The van der Waals surface area contributed by atoms with Gasteiger partial charge >= 0.3 is 0 Å². The van der Waals surface area contributed by atoms with E-state index in [1.807, 2.05) is 0 Å². The molecule has 0 aromatic heterocycles. The van der Waals surface area contributed by atoms with Crippen LogP contribution >= 0.6 is 0 Å². The lowest BCUT2D eigenvalue weighted by molar-refractivity contribution is -0.130. The summed E-state index contributed by atoms with van der Waals surface area (Å²) < 4.78 is 0. The van der Waals surface area contributed by atoms with Crippen LogP contribution in [0.25, 0.3) is 0 Å². The van der Waals surface area contributed by atoms with Gasteiger partial charge in [-0.3, -0.25) is 4.79 Å². The zero-order valence-corrected chi connectivity index (χ0v) is 13.9. The Labute approximate surface area is 130 Å². The Hall–Kier alpha value is -0.330. The van der Waals surface area contributed by atoms with Crippen LogP contribution in [0.4, 0.5) is 0 Å². The molecule has 0 aliphatic heterocycles. The number of ketones is 1. The van der Waals surface area contributed by atoms with Gasteiger partial charge in [0.25, 0.3) is 0 Å². The summed E-state index contributed by atoms with van der Waals surface area (Å²) in [6.45, 7) is 4.79. The van der Waals surface area contributed by atoms with Gasteiger partial charge in [-0.15, -0.1) is 0 Å². The van der Waals surface area contributed by atoms with Crippen LogP contribution in [0.1, 0.15) is 78.1 Å². The van der Waals surface area contributed by atoms with Gasteiger partial charge in [0.15, 0.2) is 0 Å². The molecule has 2 unspecified atom stereocenters. The SMILES string of the molecule is C[C@H]1CC[C@H]2C[C@@H](CC[C@@H]3C2CC[C@]2(C)C(=O)CCC32)C1. The first kappa shape index (κ1) is 14.3. The third kappa shape index (κ3) is 2.21. The molecule has 4 aliphatic carbocycles. The molecule has 1 heteroatoms. The summed E-state index contributed by atoms with van der Waals surface area (Å²) in [5.74, 6) is 6.14. The van der Waals surface area contributed by atoms with Gasteiger partial charge in [-0.25, -0.2) is 0 Å². The van der Waals surface area contributed by atoms with E-state index in [-0.39, 0.29) is 5.41 Å². The number of rotatable bonds is 0. The summed E-state index contributed by atoms with van der Waals surface area (Å²) in [7, 11) is 0. The van der Waals surface area contributed by atoms with Crippen molar-refractivity contribution >= 4 is 5.78 Å². The standard InChI is InChI=1S/C20H32O/c1-13-3-5-15-12-14(11-13)4-6-17-16(15)9-10-20(2)18(17)7-8-19(20)21/h13-18H,3-12H2,1-2H3/t13-,14-,15-,16?,17+,18?,20-/m0/s1. The van der Waals surface area contributed by atoms with Crippen LogP contribution in [-0.4, -0.2) is 5.78 Å². The molecule has 0 spiro atoms. The van der Waals surface area contributed by atoms with Crippen molar-refractivity contribution in [2.45, 2.75) is 78.1 Å². The zero-order valence-electron chi connectivity index (χ0n) is 13.9. The average molecular weight is 288 g/mol. The molecular formula is C20H32O. The highest BCUT2D eigenvalue weighted by Crippen LogP contribution is 2.59. The second kappa shape index (κ2) is 5.10. The van der Waals surface area contributed by atoms with Crippen molar-refractivity contribution in [2.24, 2.45) is 40.9 Å². The first-order valence-electron chi connectivity index (χ1n) is 9.61. The fourth-order valence-electron chi connectivity index (χ4n) is 6.97. The van der Waals surface area contributed by atoms with Crippen LogP contribution in [0.2, 0.25) is 0 Å².